The van der Waals surface area contributed by atoms with E-state index >= 15 is 0 Å². The van der Waals surface area contributed by atoms with Crippen molar-refractivity contribution in [3.63, 3.8) is 0 Å². The lowest BCUT2D eigenvalue weighted by molar-refractivity contribution is -0.155. The Morgan fingerprint density at radius 2 is 1.74 bits per heavy atom. The predicted molar refractivity (Wildman–Crippen MR) is 69.7 cm³/mol. The first-order chi connectivity index (χ1) is 9.25. The molecule has 0 spiro atoms. The van der Waals surface area contributed by atoms with Crippen molar-refractivity contribution in [2.24, 2.45) is 0 Å². The van der Waals surface area contributed by atoms with Gasteiger partial charge < -0.3 is 19.3 Å². The highest BCUT2D eigenvalue weighted by Crippen LogP contribution is 2.13. The average Bonchev–Trinajstić information content (AvgIpc) is 2.46. The summed E-state index contributed by atoms with van der Waals surface area (Å²) in [6, 6.07) is 8.66. The molecule has 0 fully saturated rings. The van der Waals surface area contributed by atoms with Crippen LogP contribution < -0.4 is 0 Å². The summed E-state index contributed by atoms with van der Waals surface area (Å²) in [4.78, 5) is 11.5. The number of carbonyl (C=O) groups is 1. The standard InChI is InChI=1S/C14H20O5/c1-2-17-8-9-18-10-11-19-14(16)13(15)12-6-4-3-5-7-12/h3-7,13,15H,2,8-11H2,1H3. The Kier molecular flexibility index (Phi) is 7.81. The molecule has 0 heterocycles. The van der Waals surface area contributed by atoms with Crippen molar-refractivity contribution in [3.8, 4) is 0 Å². The molecule has 0 radical (unpaired) electrons. The number of hydrogen-bond acceptors (Lipinski definition) is 5. The fourth-order valence-electron chi connectivity index (χ4n) is 1.42. The number of carbonyl (C=O) groups excluding carboxylic acids is 1. The normalized spacial score (nSPS) is 12.1. The Hall–Kier alpha value is -1.43. The van der Waals surface area contributed by atoms with E-state index in [0.29, 0.717) is 32.0 Å². The number of ether oxygens (including phenoxy) is 3. The van der Waals surface area contributed by atoms with Crippen molar-refractivity contribution in [2.45, 2.75) is 13.0 Å². The summed E-state index contributed by atoms with van der Waals surface area (Å²) in [5, 5.41) is 9.73. The van der Waals surface area contributed by atoms with Crippen LogP contribution in [-0.4, -0.2) is 44.1 Å². The lowest BCUT2D eigenvalue weighted by Crippen LogP contribution is -2.18. The fraction of sp³-hybridized carbons (Fsp3) is 0.500. The molecular weight excluding hydrogens is 248 g/mol. The summed E-state index contributed by atoms with van der Waals surface area (Å²) >= 11 is 0. The summed E-state index contributed by atoms with van der Waals surface area (Å²) in [5.41, 5.74) is 0.518. The van der Waals surface area contributed by atoms with Crippen LogP contribution in [0.1, 0.15) is 18.6 Å². The molecule has 106 valence electrons. The molecular formula is C14H20O5. The smallest absolute Gasteiger partial charge is 0.339 e. The maximum atomic E-state index is 11.5. The van der Waals surface area contributed by atoms with Crippen LogP contribution in [0.2, 0.25) is 0 Å². The highest BCUT2D eigenvalue weighted by molar-refractivity contribution is 5.76. The van der Waals surface area contributed by atoms with Crippen molar-refractivity contribution in [3.05, 3.63) is 35.9 Å². The van der Waals surface area contributed by atoms with Gasteiger partial charge in [0.25, 0.3) is 0 Å². The molecule has 1 aromatic rings. The van der Waals surface area contributed by atoms with Crippen LogP contribution in [0.3, 0.4) is 0 Å². The summed E-state index contributed by atoms with van der Waals surface area (Å²) in [6.45, 7) is 3.97. The van der Waals surface area contributed by atoms with E-state index in [9.17, 15) is 9.90 Å². The Morgan fingerprint density at radius 1 is 1.11 bits per heavy atom. The minimum Gasteiger partial charge on any atom is -0.461 e. The molecule has 0 aliphatic rings. The van der Waals surface area contributed by atoms with E-state index in [1.807, 2.05) is 13.0 Å². The van der Waals surface area contributed by atoms with Gasteiger partial charge in [-0.25, -0.2) is 4.79 Å². The molecule has 1 atom stereocenters. The van der Waals surface area contributed by atoms with Crippen molar-refractivity contribution >= 4 is 5.97 Å². The second kappa shape index (κ2) is 9.49. The zero-order valence-electron chi connectivity index (χ0n) is 11.1. The summed E-state index contributed by atoms with van der Waals surface area (Å²) in [6.07, 6.45) is -1.25. The van der Waals surface area contributed by atoms with Crippen LogP contribution >= 0.6 is 0 Å². The van der Waals surface area contributed by atoms with E-state index in [1.165, 1.54) is 0 Å². The van der Waals surface area contributed by atoms with Gasteiger partial charge in [0.15, 0.2) is 6.10 Å². The van der Waals surface area contributed by atoms with Gasteiger partial charge >= 0.3 is 5.97 Å². The summed E-state index contributed by atoms with van der Waals surface area (Å²) in [5.74, 6) is -0.667. The maximum Gasteiger partial charge on any atom is 0.339 e. The van der Waals surface area contributed by atoms with Crippen molar-refractivity contribution < 1.29 is 24.1 Å². The van der Waals surface area contributed by atoms with E-state index in [0.717, 1.165) is 0 Å². The quantitative estimate of drug-likeness (QED) is 0.540. The van der Waals surface area contributed by atoms with Gasteiger partial charge in [-0.1, -0.05) is 30.3 Å². The van der Waals surface area contributed by atoms with E-state index < -0.39 is 12.1 Å². The first kappa shape index (κ1) is 15.6. The SMILES string of the molecule is CCOCCOCCOC(=O)C(O)c1ccccc1. The third-order valence-corrected chi connectivity index (χ3v) is 2.39. The Balaban J connectivity index is 2.14. The molecule has 0 saturated carbocycles. The molecule has 0 aliphatic carbocycles. The van der Waals surface area contributed by atoms with Gasteiger partial charge in [-0.05, 0) is 12.5 Å². The van der Waals surface area contributed by atoms with E-state index in [2.05, 4.69) is 0 Å². The predicted octanol–water partition coefficient (Wildman–Crippen LogP) is 1.32. The molecule has 5 heteroatoms. The molecule has 0 aromatic heterocycles. The molecule has 0 saturated heterocycles. The zero-order chi connectivity index (χ0) is 13.9. The van der Waals surface area contributed by atoms with Gasteiger partial charge in [0, 0.05) is 6.61 Å². The van der Waals surface area contributed by atoms with Crippen LogP contribution in [0.5, 0.6) is 0 Å². The highest BCUT2D eigenvalue weighted by atomic mass is 16.6. The Morgan fingerprint density at radius 3 is 2.42 bits per heavy atom. The number of benzene rings is 1. The number of esters is 1. The number of aliphatic hydroxyl groups excluding tert-OH is 1. The van der Waals surface area contributed by atoms with Crippen LogP contribution in [0.25, 0.3) is 0 Å². The van der Waals surface area contributed by atoms with Gasteiger partial charge in [0.1, 0.15) is 6.61 Å². The molecule has 0 bridgehead atoms. The summed E-state index contributed by atoms with van der Waals surface area (Å²) in [7, 11) is 0. The zero-order valence-corrected chi connectivity index (χ0v) is 11.1. The molecule has 1 aromatic carbocycles. The first-order valence-corrected chi connectivity index (χ1v) is 6.30. The van der Waals surface area contributed by atoms with Crippen molar-refractivity contribution in [1.29, 1.82) is 0 Å². The maximum absolute atomic E-state index is 11.5. The van der Waals surface area contributed by atoms with Gasteiger partial charge in [-0.15, -0.1) is 0 Å². The molecule has 19 heavy (non-hydrogen) atoms. The largest absolute Gasteiger partial charge is 0.461 e. The fourth-order valence-corrected chi connectivity index (χ4v) is 1.42. The van der Waals surface area contributed by atoms with Crippen LogP contribution in [0.15, 0.2) is 30.3 Å². The highest BCUT2D eigenvalue weighted by Gasteiger charge is 2.18. The molecule has 1 N–H and O–H groups in total. The van der Waals surface area contributed by atoms with Gasteiger partial charge in [0.05, 0.1) is 19.8 Å². The Bertz CT molecular complexity index is 352. The average molecular weight is 268 g/mol. The lowest BCUT2D eigenvalue weighted by atomic mass is 10.1. The summed E-state index contributed by atoms with van der Waals surface area (Å²) < 4.78 is 15.2. The minimum atomic E-state index is -1.25. The topological polar surface area (TPSA) is 65.0 Å². The molecule has 1 rings (SSSR count). The van der Waals surface area contributed by atoms with E-state index in [-0.39, 0.29) is 6.61 Å². The van der Waals surface area contributed by atoms with Crippen molar-refractivity contribution in [2.75, 3.05) is 33.0 Å². The minimum absolute atomic E-state index is 0.120. The molecule has 1 unspecified atom stereocenters. The van der Waals surface area contributed by atoms with E-state index in [1.54, 1.807) is 24.3 Å². The second-order valence-corrected chi connectivity index (χ2v) is 3.79. The van der Waals surface area contributed by atoms with Crippen LogP contribution in [0, 0.1) is 0 Å². The van der Waals surface area contributed by atoms with E-state index in [4.69, 9.17) is 14.2 Å². The number of hydrogen-bond donors (Lipinski definition) is 1. The van der Waals surface area contributed by atoms with Gasteiger partial charge in [-0.2, -0.15) is 0 Å². The monoisotopic (exact) mass is 268 g/mol. The molecule has 0 aliphatic heterocycles. The first-order valence-electron chi connectivity index (χ1n) is 6.30. The lowest BCUT2D eigenvalue weighted by Gasteiger charge is -2.11. The van der Waals surface area contributed by atoms with Crippen LogP contribution in [-0.2, 0) is 19.0 Å². The Labute approximate surface area is 113 Å². The molecule has 5 nitrogen and oxygen atoms in total. The third kappa shape index (κ3) is 6.33. The van der Waals surface area contributed by atoms with Gasteiger partial charge in [-0.3, -0.25) is 0 Å². The van der Waals surface area contributed by atoms with Crippen molar-refractivity contribution in [1.82, 2.24) is 0 Å². The van der Waals surface area contributed by atoms with Gasteiger partial charge in [0.2, 0.25) is 0 Å². The molecule has 0 amide bonds. The number of aliphatic hydroxyl groups is 1. The second-order valence-electron chi connectivity index (χ2n) is 3.79. The van der Waals surface area contributed by atoms with Crippen LogP contribution in [0.4, 0.5) is 0 Å². The number of rotatable bonds is 9. The third-order valence-electron chi connectivity index (χ3n) is 2.39.